The number of alkyl halides is 3. The molecule has 0 spiro atoms. The summed E-state index contributed by atoms with van der Waals surface area (Å²) >= 11 is 14.0. The molecule has 0 aliphatic rings. The summed E-state index contributed by atoms with van der Waals surface area (Å²) in [6, 6.07) is 3.14. The van der Waals surface area contributed by atoms with Crippen LogP contribution in [0.2, 0.25) is 0 Å². The van der Waals surface area contributed by atoms with Gasteiger partial charge in [-0.1, -0.05) is 15.9 Å². The third kappa shape index (κ3) is 3.64. The maximum absolute atomic E-state index is 12.4. The van der Waals surface area contributed by atoms with Crippen LogP contribution in [0.15, 0.2) is 25.6 Å². The van der Waals surface area contributed by atoms with Gasteiger partial charge in [-0.2, -0.15) is 0 Å². The van der Waals surface area contributed by atoms with E-state index in [4.69, 9.17) is 0 Å². The minimum Gasteiger partial charge on any atom is -0.418 e. The van der Waals surface area contributed by atoms with Crippen molar-refractivity contribution in [2.24, 2.45) is 0 Å². The predicted octanol–water partition coefficient (Wildman–Crippen LogP) is 5.14. The van der Waals surface area contributed by atoms with Crippen molar-refractivity contribution in [3.63, 3.8) is 0 Å². The van der Waals surface area contributed by atoms with E-state index in [0.29, 0.717) is 8.95 Å². The van der Waals surface area contributed by atoms with Crippen LogP contribution in [-0.4, -0.2) is 5.57 Å². The normalized spacial score (nSPS) is 11.6. The predicted molar refractivity (Wildman–Crippen MR) is 61.0 cm³/mol. The number of hydrogen-bond acceptors (Lipinski definition) is 1. The molecule has 0 aliphatic heterocycles. The molecule has 1 nitrogen and oxygen atoms in total. The molecule has 0 unspecified atom stereocenters. The standard InChI is InChI=1S/C7H2Br3ClF2O/c8-3-1-4(9)6(5(10)2-3)14-7(11,12)13/h1-2H. The summed E-state index contributed by atoms with van der Waals surface area (Å²) in [5.74, 6) is -0.0480. The van der Waals surface area contributed by atoms with E-state index in [1.807, 2.05) is 0 Å². The van der Waals surface area contributed by atoms with Gasteiger partial charge < -0.3 is 4.74 Å². The fraction of sp³-hybridized carbons (Fsp3) is 0.143. The van der Waals surface area contributed by atoms with Crippen molar-refractivity contribution < 1.29 is 13.5 Å². The van der Waals surface area contributed by atoms with Crippen LogP contribution in [0.3, 0.4) is 0 Å². The first-order chi connectivity index (χ1) is 6.29. The zero-order valence-electron chi connectivity index (χ0n) is 6.33. The monoisotopic (exact) mass is 412 g/mol. The number of halogens is 6. The lowest BCUT2D eigenvalue weighted by atomic mass is 10.3. The van der Waals surface area contributed by atoms with E-state index in [1.165, 1.54) is 0 Å². The van der Waals surface area contributed by atoms with Crippen molar-refractivity contribution in [2.75, 3.05) is 0 Å². The van der Waals surface area contributed by atoms with Gasteiger partial charge in [0.25, 0.3) is 0 Å². The summed E-state index contributed by atoms with van der Waals surface area (Å²) in [7, 11) is 0. The molecule has 0 fully saturated rings. The summed E-state index contributed by atoms with van der Waals surface area (Å²) in [6.07, 6.45) is 0. The van der Waals surface area contributed by atoms with Crippen LogP contribution < -0.4 is 4.74 Å². The van der Waals surface area contributed by atoms with Crippen molar-refractivity contribution in [3.05, 3.63) is 25.6 Å². The third-order valence-electron chi connectivity index (χ3n) is 1.18. The zero-order valence-corrected chi connectivity index (χ0v) is 11.8. The maximum Gasteiger partial charge on any atom is 0.487 e. The zero-order chi connectivity index (χ0) is 10.9. The number of hydrogen-bond donors (Lipinski definition) is 0. The lowest BCUT2D eigenvalue weighted by Crippen LogP contribution is -2.16. The molecule has 1 aromatic rings. The Morgan fingerprint density at radius 1 is 1.14 bits per heavy atom. The van der Waals surface area contributed by atoms with E-state index in [9.17, 15) is 8.78 Å². The summed E-state index contributed by atoms with van der Waals surface area (Å²) in [4.78, 5) is 0. The van der Waals surface area contributed by atoms with Crippen molar-refractivity contribution in [3.8, 4) is 5.75 Å². The van der Waals surface area contributed by atoms with Gasteiger partial charge >= 0.3 is 5.57 Å². The van der Waals surface area contributed by atoms with E-state index in [-0.39, 0.29) is 5.75 Å². The molecule has 0 atom stereocenters. The Bertz CT molecular complexity index is 330. The fourth-order valence-corrected chi connectivity index (χ4v) is 3.24. The highest BCUT2D eigenvalue weighted by Gasteiger charge is 2.29. The van der Waals surface area contributed by atoms with Crippen LogP contribution in [0.4, 0.5) is 8.78 Å². The minimum absolute atomic E-state index is 0.0480. The van der Waals surface area contributed by atoms with Crippen molar-refractivity contribution >= 4 is 59.4 Å². The Kier molecular flexibility index (Phi) is 4.20. The van der Waals surface area contributed by atoms with E-state index >= 15 is 0 Å². The van der Waals surface area contributed by atoms with Crippen LogP contribution >= 0.6 is 59.4 Å². The number of ether oxygens (including phenoxy) is 1. The molecule has 0 aliphatic carbocycles. The Hall–Kier alpha value is 0.610. The first kappa shape index (κ1) is 12.7. The van der Waals surface area contributed by atoms with Gasteiger partial charge in [-0.15, -0.1) is 8.78 Å². The average molecular weight is 415 g/mol. The van der Waals surface area contributed by atoms with Gasteiger partial charge in [0.15, 0.2) is 5.75 Å². The second kappa shape index (κ2) is 4.63. The van der Waals surface area contributed by atoms with Gasteiger partial charge in [0.05, 0.1) is 8.95 Å². The van der Waals surface area contributed by atoms with Crippen LogP contribution in [-0.2, 0) is 0 Å². The second-order valence-corrected chi connectivity index (χ2v) is 5.31. The van der Waals surface area contributed by atoms with E-state index in [1.54, 1.807) is 12.1 Å². The molecule has 7 heteroatoms. The molecule has 14 heavy (non-hydrogen) atoms. The van der Waals surface area contributed by atoms with Crippen LogP contribution in [0, 0.1) is 0 Å². The second-order valence-electron chi connectivity index (χ2n) is 2.25. The van der Waals surface area contributed by atoms with Crippen LogP contribution in [0.1, 0.15) is 0 Å². The summed E-state index contributed by atoms with van der Waals surface area (Å²) < 4.78 is 30.4. The SMILES string of the molecule is FC(F)(Cl)Oc1c(Br)cc(Br)cc1Br. The molecule has 0 N–H and O–H groups in total. The van der Waals surface area contributed by atoms with E-state index in [2.05, 4.69) is 64.1 Å². The van der Waals surface area contributed by atoms with E-state index < -0.39 is 5.57 Å². The Balaban J connectivity index is 3.09. The minimum atomic E-state index is -3.72. The maximum atomic E-state index is 12.4. The van der Waals surface area contributed by atoms with Crippen molar-refractivity contribution in [1.29, 1.82) is 0 Å². The fourth-order valence-electron chi connectivity index (χ4n) is 0.742. The summed E-state index contributed by atoms with van der Waals surface area (Å²) in [5.41, 5.74) is -3.72. The Morgan fingerprint density at radius 3 is 1.93 bits per heavy atom. The van der Waals surface area contributed by atoms with Gasteiger partial charge in [-0.3, -0.25) is 0 Å². The molecule has 1 rings (SSSR count). The Labute approximate surface area is 109 Å². The summed E-state index contributed by atoms with van der Waals surface area (Å²) in [6.45, 7) is 0. The van der Waals surface area contributed by atoms with Gasteiger partial charge in [0, 0.05) is 16.1 Å². The highest BCUT2D eigenvalue weighted by molar-refractivity contribution is 9.11. The molecule has 0 bridgehead atoms. The molecular formula is C7H2Br3ClF2O. The molecule has 0 saturated heterocycles. The molecule has 0 aromatic heterocycles. The molecule has 78 valence electrons. The molecule has 0 amide bonds. The van der Waals surface area contributed by atoms with Gasteiger partial charge in [-0.05, 0) is 44.0 Å². The van der Waals surface area contributed by atoms with Crippen LogP contribution in [0.25, 0.3) is 0 Å². The average Bonchev–Trinajstić information content (AvgIpc) is 1.95. The largest absolute Gasteiger partial charge is 0.487 e. The number of rotatable bonds is 2. The smallest absolute Gasteiger partial charge is 0.418 e. The van der Waals surface area contributed by atoms with Crippen molar-refractivity contribution in [1.82, 2.24) is 0 Å². The van der Waals surface area contributed by atoms with Gasteiger partial charge in [0.1, 0.15) is 0 Å². The van der Waals surface area contributed by atoms with Gasteiger partial charge in [0.2, 0.25) is 0 Å². The molecule has 0 saturated carbocycles. The third-order valence-corrected chi connectivity index (χ3v) is 2.89. The molecule has 1 aromatic carbocycles. The highest BCUT2D eigenvalue weighted by atomic mass is 79.9. The first-order valence-corrected chi connectivity index (χ1v) is 5.95. The lowest BCUT2D eigenvalue weighted by molar-refractivity contribution is -0.0974. The molecular weight excluding hydrogens is 413 g/mol. The van der Waals surface area contributed by atoms with Gasteiger partial charge in [-0.25, -0.2) is 0 Å². The lowest BCUT2D eigenvalue weighted by Gasteiger charge is -2.13. The highest BCUT2D eigenvalue weighted by Crippen LogP contribution is 2.39. The van der Waals surface area contributed by atoms with Crippen LogP contribution in [0.5, 0.6) is 5.75 Å². The van der Waals surface area contributed by atoms with E-state index in [0.717, 1.165) is 4.47 Å². The van der Waals surface area contributed by atoms with Crippen molar-refractivity contribution in [2.45, 2.75) is 5.57 Å². The topological polar surface area (TPSA) is 9.23 Å². The number of benzene rings is 1. The summed E-state index contributed by atoms with van der Waals surface area (Å²) in [5, 5.41) is 0. The molecule has 0 heterocycles. The Morgan fingerprint density at radius 2 is 1.57 bits per heavy atom. The molecule has 0 radical (unpaired) electrons. The first-order valence-electron chi connectivity index (χ1n) is 3.20. The quantitative estimate of drug-likeness (QED) is 0.608.